The fraction of sp³-hybridized carbons (Fsp3) is 0.393. The molecule has 1 aromatic heterocycles. The smallest absolute Gasteiger partial charge is 0.417 e. The molecule has 3 rings (SSSR count). The van der Waals surface area contributed by atoms with Crippen LogP contribution in [0.3, 0.4) is 0 Å². The van der Waals surface area contributed by atoms with Gasteiger partial charge in [0.15, 0.2) is 6.61 Å². The summed E-state index contributed by atoms with van der Waals surface area (Å²) in [6, 6.07) is 8.88. The number of thioether (sulfide) groups is 1. The third-order valence-electron chi connectivity index (χ3n) is 6.12. The van der Waals surface area contributed by atoms with Gasteiger partial charge < -0.3 is 9.15 Å². The van der Waals surface area contributed by atoms with Crippen LogP contribution in [0.1, 0.15) is 37.3 Å². The molecule has 224 valence electrons. The van der Waals surface area contributed by atoms with Crippen molar-refractivity contribution in [3.63, 3.8) is 0 Å². The molecule has 0 amide bonds. The van der Waals surface area contributed by atoms with Crippen LogP contribution in [-0.4, -0.2) is 36.1 Å². The second kappa shape index (κ2) is 12.4. The van der Waals surface area contributed by atoms with Crippen LogP contribution in [0.5, 0.6) is 0 Å². The van der Waals surface area contributed by atoms with Crippen LogP contribution >= 0.6 is 11.8 Å². The molecule has 0 bridgehead atoms. The van der Waals surface area contributed by atoms with Crippen LogP contribution in [-0.2, 0) is 22.1 Å². The molecular weight excluding hydrogens is 587 g/mol. The normalized spacial score (nSPS) is 13.0. The Bertz CT molecular complexity index is 1380. The lowest BCUT2D eigenvalue weighted by atomic mass is 9.98. The lowest BCUT2D eigenvalue weighted by Crippen LogP contribution is -2.57. The Labute approximate surface area is 233 Å². The van der Waals surface area contributed by atoms with E-state index in [1.807, 2.05) is 6.92 Å². The Morgan fingerprint density at radius 1 is 0.951 bits per heavy atom. The number of carbonyl (C=O) groups excluding carboxylic acids is 1. The van der Waals surface area contributed by atoms with Gasteiger partial charge in [-0.2, -0.15) is 39.5 Å². The first-order valence-electron chi connectivity index (χ1n) is 12.3. The minimum absolute atomic E-state index is 0.0260. The minimum Gasteiger partial charge on any atom is -0.456 e. The summed E-state index contributed by atoms with van der Waals surface area (Å²) < 4.78 is 135. The Morgan fingerprint density at radius 3 is 2.29 bits per heavy atom. The number of benzene rings is 2. The van der Waals surface area contributed by atoms with Gasteiger partial charge in [-0.1, -0.05) is 38.5 Å². The van der Waals surface area contributed by atoms with E-state index < -0.39 is 47.8 Å². The molecule has 0 aliphatic heterocycles. The number of hydrogen-bond donors (Lipinski definition) is 0. The topological polar surface area (TPSA) is 39.4 Å². The predicted octanol–water partition coefficient (Wildman–Crippen LogP) is 9.58. The van der Waals surface area contributed by atoms with E-state index in [0.29, 0.717) is 23.4 Å². The molecule has 0 radical (unpaired) electrons. The molecule has 41 heavy (non-hydrogen) atoms. The van der Waals surface area contributed by atoms with E-state index in [0.717, 1.165) is 31.4 Å². The van der Waals surface area contributed by atoms with E-state index >= 15 is 0 Å². The molecule has 2 aromatic carbocycles. The molecule has 0 aliphatic carbocycles. The highest BCUT2D eigenvalue weighted by atomic mass is 32.2. The standard InChI is InChI=1S/C28H25F9O3S/c1-3-5-6-7-17-8-11-20(21(12-17)27(33,34)35)23-13-18-9-10-19(14-22(18)40-23)41-16-26(31,32)28(36,37)25(29,30)15-39-24(38)4-2/h4,8-14H,2-3,5-7,15-16H2,1H3. The van der Waals surface area contributed by atoms with Gasteiger partial charge in [-0.25, -0.2) is 4.79 Å². The number of ether oxygens (including phenoxy) is 1. The van der Waals surface area contributed by atoms with E-state index in [2.05, 4.69) is 11.3 Å². The monoisotopic (exact) mass is 612 g/mol. The molecule has 0 atom stereocenters. The van der Waals surface area contributed by atoms with Gasteiger partial charge >= 0.3 is 29.9 Å². The first-order chi connectivity index (χ1) is 19.0. The molecule has 0 N–H and O–H groups in total. The van der Waals surface area contributed by atoms with Gasteiger partial charge in [-0.05, 0) is 48.7 Å². The van der Waals surface area contributed by atoms with E-state index in [1.165, 1.54) is 24.3 Å². The average Bonchev–Trinajstić information content (AvgIpc) is 3.33. The Hall–Kier alpha value is -3.09. The Kier molecular flexibility index (Phi) is 9.82. The molecule has 3 nitrogen and oxygen atoms in total. The predicted molar refractivity (Wildman–Crippen MR) is 137 cm³/mol. The van der Waals surface area contributed by atoms with Gasteiger partial charge in [0, 0.05) is 21.9 Å². The van der Waals surface area contributed by atoms with Gasteiger partial charge in [0.05, 0.1) is 11.3 Å². The van der Waals surface area contributed by atoms with Gasteiger partial charge in [0.25, 0.3) is 0 Å². The van der Waals surface area contributed by atoms with Crippen molar-refractivity contribution < 1.29 is 53.5 Å². The number of alkyl halides is 9. The summed E-state index contributed by atoms with van der Waals surface area (Å²) >= 11 is 0.111. The summed E-state index contributed by atoms with van der Waals surface area (Å²) in [4.78, 5) is 10.8. The Morgan fingerprint density at radius 2 is 1.66 bits per heavy atom. The zero-order chi connectivity index (χ0) is 30.6. The zero-order valence-corrected chi connectivity index (χ0v) is 22.4. The summed E-state index contributed by atoms with van der Waals surface area (Å²) in [6.07, 6.45) is -1.32. The second-order valence-electron chi connectivity index (χ2n) is 9.23. The van der Waals surface area contributed by atoms with Crippen LogP contribution in [0.4, 0.5) is 39.5 Å². The number of rotatable bonds is 13. The molecule has 0 fully saturated rings. The van der Waals surface area contributed by atoms with Crippen LogP contribution in [0.25, 0.3) is 22.3 Å². The number of halogens is 9. The molecule has 0 aliphatic rings. The van der Waals surface area contributed by atoms with Crippen molar-refractivity contribution in [2.24, 2.45) is 0 Å². The van der Waals surface area contributed by atoms with Crippen LogP contribution < -0.4 is 0 Å². The molecule has 13 heteroatoms. The largest absolute Gasteiger partial charge is 0.456 e. The van der Waals surface area contributed by atoms with Crippen molar-refractivity contribution in [1.29, 1.82) is 0 Å². The molecule has 0 saturated carbocycles. The fourth-order valence-corrected chi connectivity index (χ4v) is 4.74. The Balaban J connectivity index is 1.82. The summed E-state index contributed by atoms with van der Waals surface area (Å²) in [6.45, 7) is 2.58. The number of esters is 1. The number of fused-ring (bicyclic) bond motifs is 1. The number of aryl methyl sites for hydroxylation is 1. The van der Waals surface area contributed by atoms with Crippen LogP contribution in [0.15, 0.2) is 64.4 Å². The summed E-state index contributed by atoms with van der Waals surface area (Å²) in [7, 11) is 0. The van der Waals surface area contributed by atoms with E-state index in [9.17, 15) is 44.3 Å². The summed E-state index contributed by atoms with van der Waals surface area (Å²) in [5.41, 5.74) is -0.678. The van der Waals surface area contributed by atoms with Crippen molar-refractivity contribution in [2.75, 3.05) is 12.4 Å². The number of carbonyl (C=O) groups is 1. The number of furan rings is 1. The lowest BCUT2D eigenvalue weighted by molar-refractivity contribution is -0.309. The van der Waals surface area contributed by atoms with Crippen molar-refractivity contribution in [1.82, 2.24) is 0 Å². The fourth-order valence-electron chi connectivity index (χ4n) is 3.85. The number of unbranched alkanes of at least 4 members (excludes halogenated alkanes) is 2. The molecule has 1 heterocycles. The lowest BCUT2D eigenvalue weighted by Gasteiger charge is -2.32. The first kappa shape index (κ1) is 32.4. The third-order valence-corrected chi connectivity index (χ3v) is 7.21. The van der Waals surface area contributed by atoms with Crippen molar-refractivity contribution in [2.45, 2.75) is 61.4 Å². The van der Waals surface area contributed by atoms with Gasteiger partial charge in [-0.3, -0.25) is 0 Å². The first-order valence-corrected chi connectivity index (χ1v) is 13.3. The molecule has 0 spiro atoms. The summed E-state index contributed by atoms with van der Waals surface area (Å²) in [5, 5.41) is 0.303. The second-order valence-corrected chi connectivity index (χ2v) is 10.3. The molecule has 0 unspecified atom stereocenters. The van der Waals surface area contributed by atoms with Crippen molar-refractivity contribution >= 4 is 28.7 Å². The van der Waals surface area contributed by atoms with Gasteiger partial charge in [0.1, 0.15) is 11.3 Å². The molecule has 3 aromatic rings. The minimum atomic E-state index is -5.88. The summed E-state index contributed by atoms with van der Waals surface area (Å²) in [5.74, 6) is -20.0. The molecule has 0 saturated heterocycles. The van der Waals surface area contributed by atoms with Crippen LogP contribution in [0, 0.1) is 0 Å². The average molecular weight is 613 g/mol. The van der Waals surface area contributed by atoms with E-state index in [4.69, 9.17) is 4.42 Å². The maximum atomic E-state index is 14.3. The van der Waals surface area contributed by atoms with Crippen LogP contribution in [0.2, 0.25) is 0 Å². The van der Waals surface area contributed by atoms with E-state index in [1.54, 1.807) is 6.07 Å². The quantitative estimate of drug-likeness (QED) is 0.0634. The highest BCUT2D eigenvalue weighted by Crippen LogP contribution is 2.48. The maximum Gasteiger partial charge on any atom is 0.417 e. The third kappa shape index (κ3) is 7.41. The van der Waals surface area contributed by atoms with E-state index in [-0.39, 0.29) is 33.6 Å². The maximum absolute atomic E-state index is 14.3. The number of hydrogen-bond acceptors (Lipinski definition) is 4. The van der Waals surface area contributed by atoms with Gasteiger partial charge in [0.2, 0.25) is 0 Å². The van der Waals surface area contributed by atoms with Crippen molar-refractivity contribution in [3.8, 4) is 11.3 Å². The molecular formula is C28H25F9O3S. The highest BCUT2D eigenvalue weighted by molar-refractivity contribution is 7.99. The van der Waals surface area contributed by atoms with Crippen molar-refractivity contribution in [3.05, 3.63) is 66.2 Å². The SMILES string of the molecule is C=CC(=O)OCC(F)(F)C(F)(F)C(F)(F)CSc1ccc2cc(-c3ccc(CCCCC)cc3C(F)(F)F)oc2c1. The van der Waals surface area contributed by atoms with Gasteiger partial charge in [-0.15, -0.1) is 11.8 Å². The zero-order valence-electron chi connectivity index (χ0n) is 21.6. The highest BCUT2D eigenvalue weighted by Gasteiger charge is 2.71.